The second kappa shape index (κ2) is 9.35. The highest BCUT2D eigenvalue weighted by Crippen LogP contribution is 2.35. The zero-order valence-corrected chi connectivity index (χ0v) is 18.6. The number of hydrogen-bond acceptors (Lipinski definition) is 5. The van der Waals surface area contributed by atoms with Crippen LogP contribution in [0.25, 0.3) is 21.9 Å². The number of piperazine rings is 1. The quantitative estimate of drug-likeness (QED) is 0.345. The number of anilines is 1. The van der Waals surface area contributed by atoms with Crippen LogP contribution < -0.4 is 19.7 Å². The Morgan fingerprint density at radius 1 is 0.848 bits per heavy atom. The van der Waals surface area contributed by atoms with Crippen molar-refractivity contribution in [3.8, 4) is 22.6 Å². The summed E-state index contributed by atoms with van der Waals surface area (Å²) in [7, 11) is 1.65. The molecule has 1 fully saturated rings. The van der Waals surface area contributed by atoms with Gasteiger partial charge in [-0.1, -0.05) is 54.6 Å². The van der Waals surface area contributed by atoms with E-state index in [0.29, 0.717) is 11.3 Å². The molecule has 1 saturated heterocycles. The molecule has 0 spiro atoms. The van der Waals surface area contributed by atoms with Crippen LogP contribution in [-0.2, 0) is 0 Å². The van der Waals surface area contributed by atoms with Crippen LogP contribution >= 0.6 is 0 Å². The molecule has 0 atom stereocenters. The van der Waals surface area contributed by atoms with Crippen molar-refractivity contribution in [2.75, 3.05) is 38.2 Å². The van der Waals surface area contributed by atoms with Gasteiger partial charge >= 0.3 is 5.97 Å². The van der Waals surface area contributed by atoms with E-state index < -0.39 is 0 Å². The molecule has 0 aliphatic carbocycles. The highest BCUT2D eigenvalue weighted by Gasteiger charge is 2.20. The fraction of sp³-hybridized carbons (Fsp3) is 0.179. The molecule has 5 nitrogen and oxygen atoms in total. The Morgan fingerprint density at radius 2 is 1.58 bits per heavy atom. The zero-order valence-electron chi connectivity index (χ0n) is 18.6. The average Bonchev–Trinajstić information content (AvgIpc) is 2.89. The number of nitrogens with one attached hydrogen (secondary N) is 1. The maximum atomic E-state index is 13.3. The summed E-state index contributed by atoms with van der Waals surface area (Å²) in [6.07, 6.45) is 0. The summed E-state index contributed by atoms with van der Waals surface area (Å²) in [5.41, 5.74) is 3.51. The third-order valence-corrected chi connectivity index (χ3v) is 6.05. The van der Waals surface area contributed by atoms with Gasteiger partial charge in [-0.05, 0) is 52.2 Å². The highest BCUT2D eigenvalue weighted by atomic mass is 16.5. The number of rotatable bonds is 5. The lowest BCUT2D eigenvalue weighted by molar-refractivity contribution is 0.0737. The topological polar surface area (TPSA) is 50.8 Å². The van der Waals surface area contributed by atoms with Crippen molar-refractivity contribution in [1.29, 1.82) is 0 Å². The number of hydrogen-bond donors (Lipinski definition) is 1. The molecular weight excluding hydrogens is 412 g/mol. The van der Waals surface area contributed by atoms with Gasteiger partial charge in [0.25, 0.3) is 0 Å². The van der Waals surface area contributed by atoms with Crippen LogP contribution in [-0.4, -0.2) is 39.3 Å². The van der Waals surface area contributed by atoms with Gasteiger partial charge in [0.15, 0.2) is 5.75 Å². The molecule has 5 heteroatoms. The molecule has 1 aliphatic rings. The number of benzene rings is 4. The first-order valence-corrected chi connectivity index (χ1v) is 11.2. The minimum absolute atomic E-state index is 0.352. The molecule has 4 aromatic carbocycles. The van der Waals surface area contributed by atoms with Crippen molar-refractivity contribution in [2.45, 2.75) is 0 Å². The van der Waals surface area contributed by atoms with Gasteiger partial charge < -0.3 is 19.7 Å². The second-order valence-corrected chi connectivity index (χ2v) is 8.06. The van der Waals surface area contributed by atoms with Crippen molar-refractivity contribution in [1.82, 2.24) is 5.32 Å². The predicted octanol–water partition coefficient (Wildman–Crippen LogP) is 5.14. The van der Waals surface area contributed by atoms with E-state index in [9.17, 15) is 4.79 Å². The standard InChI is InChI=1S/C28H26N2O3/c1-32-23-12-9-20(10-13-23)22-11-14-26(30-17-15-29-16-18-30)27(19-22)33-28(31)25-8-4-6-21-5-2-3-7-24(21)25/h2-14,19,29H,15-18H2,1H3. The molecule has 5 rings (SSSR count). The fourth-order valence-corrected chi connectivity index (χ4v) is 4.28. The smallest absolute Gasteiger partial charge is 0.344 e. The Kier molecular flexibility index (Phi) is 5.96. The van der Waals surface area contributed by atoms with E-state index in [1.165, 1.54) is 0 Å². The Labute approximate surface area is 193 Å². The highest BCUT2D eigenvalue weighted by molar-refractivity contribution is 6.05. The normalized spacial score (nSPS) is 13.7. The third-order valence-electron chi connectivity index (χ3n) is 6.05. The predicted molar refractivity (Wildman–Crippen MR) is 132 cm³/mol. The zero-order chi connectivity index (χ0) is 22.6. The monoisotopic (exact) mass is 438 g/mol. The average molecular weight is 439 g/mol. The lowest BCUT2D eigenvalue weighted by Gasteiger charge is -2.30. The van der Waals surface area contributed by atoms with Crippen LogP contribution in [0.4, 0.5) is 5.69 Å². The molecule has 0 amide bonds. The molecule has 4 aromatic rings. The lowest BCUT2D eigenvalue weighted by Crippen LogP contribution is -2.43. The van der Waals surface area contributed by atoms with Gasteiger partial charge in [-0.25, -0.2) is 4.79 Å². The molecular formula is C28H26N2O3. The van der Waals surface area contributed by atoms with E-state index in [0.717, 1.165) is 59.5 Å². The van der Waals surface area contributed by atoms with Gasteiger partial charge in [0, 0.05) is 26.2 Å². The van der Waals surface area contributed by atoms with Gasteiger partial charge in [-0.15, -0.1) is 0 Å². The molecule has 0 aromatic heterocycles. The van der Waals surface area contributed by atoms with Crippen LogP contribution in [0, 0.1) is 0 Å². The number of fused-ring (bicyclic) bond motifs is 1. The molecule has 1 N–H and O–H groups in total. The summed E-state index contributed by atoms with van der Waals surface area (Å²) in [6, 6.07) is 27.6. The van der Waals surface area contributed by atoms with Crippen molar-refractivity contribution in [2.24, 2.45) is 0 Å². The van der Waals surface area contributed by atoms with Crippen molar-refractivity contribution in [3.05, 3.63) is 90.5 Å². The number of methoxy groups -OCH3 is 1. The Bertz CT molecular complexity index is 1270. The van der Waals surface area contributed by atoms with E-state index in [2.05, 4.69) is 22.3 Å². The number of esters is 1. The first-order valence-electron chi connectivity index (χ1n) is 11.2. The van der Waals surface area contributed by atoms with E-state index >= 15 is 0 Å². The molecule has 0 radical (unpaired) electrons. The maximum Gasteiger partial charge on any atom is 0.344 e. The van der Waals surface area contributed by atoms with Crippen LogP contribution in [0.1, 0.15) is 10.4 Å². The number of carbonyl (C=O) groups is 1. The lowest BCUT2D eigenvalue weighted by atomic mass is 10.0. The van der Waals surface area contributed by atoms with E-state index in [1.54, 1.807) is 7.11 Å². The minimum atomic E-state index is -0.352. The molecule has 0 bridgehead atoms. The number of nitrogens with zero attached hydrogens (tertiary/aromatic N) is 1. The first kappa shape index (κ1) is 21.0. The van der Waals surface area contributed by atoms with Gasteiger partial charge in [0.1, 0.15) is 5.75 Å². The minimum Gasteiger partial charge on any atom is -0.497 e. The Hall–Kier alpha value is -3.83. The van der Waals surface area contributed by atoms with Crippen LogP contribution in [0.15, 0.2) is 84.9 Å². The van der Waals surface area contributed by atoms with Crippen LogP contribution in [0.3, 0.4) is 0 Å². The molecule has 1 aliphatic heterocycles. The summed E-state index contributed by atoms with van der Waals surface area (Å²) in [5.74, 6) is 1.03. The summed E-state index contributed by atoms with van der Waals surface area (Å²) in [4.78, 5) is 15.6. The van der Waals surface area contributed by atoms with E-state index in [4.69, 9.17) is 9.47 Å². The Morgan fingerprint density at radius 3 is 2.36 bits per heavy atom. The van der Waals surface area contributed by atoms with Crippen LogP contribution in [0.2, 0.25) is 0 Å². The van der Waals surface area contributed by atoms with Crippen molar-refractivity contribution < 1.29 is 14.3 Å². The second-order valence-electron chi connectivity index (χ2n) is 8.06. The van der Waals surface area contributed by atoms with Crippen LogP contribution in [0.5, 0.6) is 11.5 Å². The summed E-state index contributed by atoms with van der Waals surface area (Å²) in [5, 5.41) is 5.28. The van der Waals surface area contributed by atoms with Crippen molar-refractivity contribution >= 4 is 22.4 Å². The summed E-state index contributed by atoms with van der Waals surface area (Å²) < 4.78 is 11.4. The van der Waals surface area contributed by atoms with Crippen molar-refractivity contribution in [3.63, 3.8) is 0 Å². The summed E-state index contributed by atoms with van der Waals surface area (Å²) in [6.45, 7) is 3.52. The largest absolute Gasteiger partial charge is 0.497 e. The first-order chi connectivity index (χ1) is 16.2. The molecule has 33 heavy (non-hydrogen) atoms. The molecule has 1 heterocycles. The van der Waals surface area contributed by atoms with Gasteiger partial charge in [-0.2, -0.15) is 0 Å². The SMILES string of the molecule is COc1ccc(-c2ccc(N3CCNCC3)c(OC(=O)c3cccc4ccccc34)c2)cc1. The molecule has 166 valence electrons. The fourth-order valence-electron chi connectivity index (χ4n) is 4.28. The summed E-state index contributed by atoms with van der Waals surface area (Å²) >= 11 is 0. The molecule has 0 unspecified atom stereocenters. The van der Waals surface area contributed by atoms with Gasteiger partial charge in [0.05, 0.1) is 18.4 Å². The Balaban J connectivity index is 1.53. The number of ether oxygens (including phenoxy) is 2. The van der Waals surface area contributed by atoms with E-state index in [1.807, 2.05) is 72.8 Å². The number of carbonyl (C=O) groups excluding carboxylic acids is 1. The maximum absolute atomic E-state index is 13.3. The third kappa shape index (κ3) is 4.41. The molecule has 0 saturated carbocycles. The van der Waals surface area contributed by atoms with Gasteiger partial charge in [-0.3, -0.25) is 0 Å². The van der Waals surface area contributed by atoms with Gasteiger partial charge in [0.2, 0.25) is 0 Å². The van der Waals surface area contributed by atoms with E-state index in [-0.39, 0.29) is 5.97 Å².